The highest BCUT2D eigenvalue weighted by molar-refractivity contribution is 5.77. The molecule has 2 aromatic rings. The lowest BCUT2D eigenvalue weighted by molar-refractivity contribution is -0.131. The highest BCUT2D eigenvalue weighted by atomic mass is 16.5. The summed E-state index contributed by atoms with van der Waals surface area (Å²) in [5.41, 5.74) is 3.31. The van der Waals surface area contributed by atoms with Gasteiger partial charge in [0.25, 0.3) is 0 Å². The van der Waals surface area contributed by atoms with Crippen molar-refractivity contribution in [3.8, 4) is 17.2 Å². The van der Waals surface area contributed by atoms with Gasteiger partial charge in [0.15, 0.2) is 11.5 Å². The van der Waals surface area contributed by atoms with Gasteiger partial charge in [-0.1, -0.05) is 0 Å². The fourth-order valence-electron chi connectivity index (χ4n) is 3.28. The Morgan fingerprint density at radius 1 is 1.00 bits per heavy atom. The Balaban J connectivity index is 1.55. The molecule has 0 saturated heterocycles. The predicted octanol–water partition coefficient (Wildman–Crippen LogP) is 3.10. The molecule has 0 unspecified atom stereocenters. The van der Waals surface area contributed by atoms with Gasteiger partial charge in [0.1, 0.15) is 5.75 Å². The van der Waals surface area contributed by atoms with Gasteiger partial charge in [0.2, 0.25) is 5.91 Å². The Kier molecular flexibility index (Phi) is 6.06. The minimum atomic E-state index is 0.149. The highest BCUT2D eigenvalue weighted by Crippen LogP contribution is 2.33. The molecule has 1 heterocycles. The van der Waals surface area contributed by atoms with Crippen molar-refractivity contribution < 1.29 is 19.0 Å². The van der Waals surface area contributed by atoms with Crippen molar-refractivity contribution in [2.75, 3.05) is 39.7 Å². The maximum atomic E-state index is 12.6. The van der Waals surface area contributed by atoms with E-state index in [1.165, 1.54) is 5.56 Å². The molecular weight excluding hydrogens is 344 g/mol. The SMILES string of the molecule is COc1ccc(NCCC(=O)N2CCc3cc(OC)c(OC)cc3C2)cc1. The summed E-state index contributed by atoms with van der Waals surface area (Å²) >= 11 is 0. The number of fused-ring (bicyclic) bond motifs is 1. The van der Waals surface area contributed by atoms with Crippen molar-refractivity contribution >= 4 is 11.6 Å². The third-order valence-electron chi connectivity index (χ3n) is 4.83. The number of nitrogens with one attached hydrogen (secondary N) is 1. The second kappa shape index (κ2) is 8.66. The zero-order chi connectivity index (χ0) is 19.2. The molecule has 0 saturated carbocycles. The van der Waals surface area contributed by atoms with E-state index < -0.39 is 0 Å². The average molecular weight is 370 g/mol. The van der Waals surface area contributed by atoms with Gasteiger partial charge in [-0.05, 0) is 53.9 Å². The molecular formula is C21H26N2O4. The largest absolute Gasteiger partial charge is 0.497 e. The Bertz CT molecular complexity index is 790. The lowest BCUT2D eigenvalue weighted by Gasteiger charge is -2.29. The summed E-state index contributed by atoms with van der Waals surface area (Å²) in [4.78, 5) is 14.5. The highest BCUT2D eigenvalue weighted by Gasteiger charge is 2.22. The van der Waals surface area contributed by atoms with E-state index >= 15 is 0 Å². The number of nitrogens with zero attached hydrogens (tertiary/aromatic N) is 1. The second-order valence-electron chi connectivity index (χ2n) is 6.45. The van der Waals surface area contributed by atoms with Crippen LogP contribution in [0.15, 0.2) is 36.4 Å². The molecule has 0 fully saturated rings. The van der Waals surface area contributed by atoms with E-state index in [-0.39, 0.29) is 5.91 Å². The van der Waals surface area contributed by atoms with Crippen LogP contribution in [0, 0.1) is 0 Å². The number of hydrogen-bond donors (Lipinski definition) is 1. The first-order chi connectivity index (χ1) is 13.1. The van der Waals surface area contributed by atoms with E-state index in [0.717, 1.165) is 35.7 Å². The molecule has 144 valence electrons. The molecule has 6 nitrogen and oxygen atoms in total. The summed E-state index contributed by atoms with van der Waals surface area (Å²) in [6, 6.07) is 11.7. The Morgan fingerprint density at radius 2 is 1.67 bits per heavy atom. The Morgan fingerprint density at radius 3 is 2.30 bits per heavy atom. The van der Waals surface area contributed by atoms with Crippen molar-refractivity contribution in [3.63, 3.8) is 0 Å². The topological polar surface area (TPSA) is 60.0 Å². The molecule has 1 amide bonds. The van der Waals surface area contributed by atoms with Gasteiger partial charge in [-0.2, -0.15) is 0 Å². The van der Waals surface area contributed by atoms with Crippen LogP contribution < -0.4 is 19.5 Å². The first-order valence-corrected chi connectivity index (χ1v) is 9.04. The summed E-state index contributed by atoms with van der Waals surface area (Å²) < 4.78 is 15.9. The maximum absolute atomic E-state index is 12.6. The predicted molar refractivity (Wildman–Crippen MR) is 105 cm³/mol. The number of methoxy groups -OCH3 is 3. The molecule has 3 rings (SSSR count). The van der Waals surface area contributed by atoms with Crippen molar-refractivity contribution in [2.24, 2.45) is 0 Å². The van der Waals surface area contributed by atoms with Gasteiger partial charge in [-0.15, -0.1) is 0 Å². The standard InChI is InChI=1S/C21H26N2O4/c1-25-18-6-4-17(5-7-18)22-10-8-21(24)23-11-9-15-12-19(26-2)20(27-3)13-16(15)14-23/h4-7,12-13,22H,8-11,14H2,1-3H3. The van der Waals surface area contributed by atoms with E-state index in [9.17, 15) is 4.79 Å². The smallest absolute Gasteiger partial charge is 0.224 e. The minimum Gasteiger partial charge on any atom is -0.497 e. The molecule has 2 aromatic carbocycles. The second-order valence-corrected chi connectivity index (χ2v) is 6.45. The number of ether oxygens (including phenoxy) is 3. The molecule has 1 N–H and O–H groups in total. The van der Waals surface area contributed by atoms with Gasteiger partial charge in [0.05, 0.1) is 21.3 Å². The van der Waals surface area contributed by atoms with Crippen LogP contribution in [0.25, 0.3) is 0 Å². The number of anilines is 1. The van der Waals surface area contributed by atoms with Crippen LogP contribution in [-0.2, 0) is 17.8 Å². The number of carbonyl (C=O) groups is 1. The van der Waals surface area contributed by atoms with Crippen LogP contribution >= 0.6 is 0 Å². The number of benzene rings is 2. The van der Waals surface area contributed by atoms with E-state index in [1.54, 1.807) is 21.3 Å². The summed E-state index contributed by atoms with van der Waals surface area (Å²) in [5, 5.41) is 3.28. The van der Waals surface area contributed by atoms with E-state index in [1.807, 2.05) is 41.3 Å². The molecule has 6 heteroatoms. The molecule has 0 aromatic heterocycles. The first kappa shape index (κ1) is 18.9. The molecule has 0 bridgehead atoms. The summed E-state index contributed by atoms with van der Waals surface area (Å²) in [6.07, 6.45) is 1.28. The maximum Gasteiger partial charge on any atom is 0.224 e. The third-order valence-corrected chi connectivity index (χ3v) is 4.83. The Hall–Kier alpha value is -2.89. The lowest BCUT2D eigenvalue weighted by atomic mass is 9.98. The molecule has 1 aliphatic heterocycles. The van der Waals surface area contributed by atoms with Crippen LogP contribution in [0.3, 0.4) is 0 Å². The average Bonchev–Trinajstić information content (AvgIpc) is 2.72. The number of rotatable bonds is 7. The van der Waals surface area contributed by atoms with E-state index in [0.29, 0.717) is 25.3 Å². The number of amides is 1. The normalized spacial score (nSPS) is 12.9. The first-order valence-electron chi connectivity index (χ1n) is 9.04. The summed E-state index contributed by atoms with van der Waals surface area (Å²) in [5.74, 6) is 2.40. The fourth-order valence-corrected chi connectivity index (χ4v) is 3.28. The van der Waals surface area contributed by atoms with Crippen LogP contribution in [-0.4, -0.2) is 45.2 Å². The van der Waals surface area contributed by atoms with Crippen molar-refractivity contribution in [1.82, 2.24) is 4.90 Å². The third kappa shape index (κ3) is 4.45. The van der Waals surface area contributed by atoms with E-state index in [2.05, 4.69) is 5.32 Å². The lowest BCUT2D eigenvalue weighted by Crippen LogP contribution is -2.36. The van der Waals surface area contributed by atoms with Crippen LogP contribution in [0.1, 0.15) is 17.5 Å². The van der Waals surface area contributed by atoms with Crippen molar-refractivity contribution in [2.45, 2.75) is 19.4 Å². The minimum absolute atomic E-state index is 0.149. The zero-order valence-electron chi connectivity index (χ0n) is 16.1. The Labute approximate surface area is 160 Å². The fraction of sp³-hybridized carbons (Fsp3) is 0.381. The van der Waals surface area contributed by atoms with Crippen molar-refractivity contribution in [1.29, 1.82) is 0 Å². The van der Waals surface area contributed by atoms with Gasteiger partial charge in [-0.25, -0.2) is 0 Å². The number of carbonyl (C=O) groups excluding carboxylic acids is 1. The molecule has 0 radical (unpaired) electrons. The molecule has 27 heavy (non-hydrogen) atoms. The van der Waals surface area contributed by atoms with E-state index in [4.69, 9.17) is 14.2 Å². The monoisotopic (exact) mass is 370 g/mol. The van der Waals surface area contributed by atoms with Gasteiger partial charge >= 0.3 is 0 Å². The zero-order valence-corrected chi connectivity index (χ0v) is 16.1. The van der Waals surface area contributed by atoms with Crippen LogP contribution in [0.4, 0.5) is 5.69 Å². The summed E-state index contributed by atoms with van der Waals surface area (Å²) in [6.45, 7) is 1.93. The van der Waals surface area contributed by atoms with Crippen molar-refractivity contribution in [3.05, 3.63) is 47.5 Å². The molecule has 0 aliphatic carbocycles. The molecule has 0 atom stereocenters. The van der Waals surface area contributed by atoms with Gasteiger partial charge < -0.3 is 24.4 Å². The van der Waals surface area contributed by atoms with Gasteiger partial charge in [-0.3, -0.25) is 4.79 Å². The van der Waals surface area contributed by atoms with Crippen LogP contribution in [0.2, 0.25) is 0 Å². The summed E-state index contributed by atoms with van der Waals surface area (Å²) in [7, 11) is 4.91. The molecule has 1 aliphatic rings. The quantitative estimate of drug-likeness (QED) is 0.812. The van der Waals surface area contributed by atoms with Gasteiger partial charge in [0, 0.05) is 31.7 Å². The van der Waals surface area contributed by atoms with Crippen LogP contribution in [0.5, 0.6) is 17.2 Å². The number of hydrogen-bond acceptors (Lipinski definition) is 5. The molecule has 0 spiro atoms.